The summed E-state index contributed by atoms with van der Waals surface area (Å²) in [7, 11) is 3.19. The first-order valence-corrected chi connectivity index (χ1v) is 10.2. The van der Waals surface area contributed by atoms with Gasteiger partial charge in [0.1, 0.15) is 35.2 Å². The number of ether oxygens (including phenoxy) is 1. The van der Waals surface area contributed by atoms with Gasteiger partial charge in [-0.25, -0.2) is 19.7 Å². The lowest BCUT2D eigenvalue weighted by atomic mass is 10.1. The Bertz CT molecular complexity index is 1120. The van der Waals surface area contributed by atoms with E-state index in [4.69, 9.17) is 16.6 Å². The molecule has 3 N–H and O–H groups in total. The van der Waals surface area contributed by atoms with Gasteiger partial charge in [-0.05, 0) is 46.8 Å². The Hall–Kier alpha value is -4.00. The molecule has 2 aromatic heterocycles. The van der Waals surface area contributed by atoms with E-state index in [1.165, 1.54) is 18.3 Å². The molecule has 0 spiro atoms. The van der Waals surface area contributed by atoms with E-state index < -0.39 is 23.6 Å². The molecule has 1 unspecified atom stereocenters. The standard InChI is InChI=1S/C23H29N7O3/c1-9-16-10-15(19-20(25-7)18(13(2)24)26-12-27-19)11-17(28-16)29-21(31)14(3)30(8)22(32)33-23(4,5)6/h1,10-12,14,24-25H,2-8H3,(H,28,29,31). The van der Waals surface area contributed by atoms with Crippen LogP contribution in [-0.4, -0.2) is 63.3 Å². The second-order valence-corrected chi connectivity index (χ2v) is 8.35. The summed E-state index contributed by atoms with van der Waals surface area (Å²) < 4.78 is 5.32. The van der Waals surface area contributed by atoms with Crippen molar-refractivity contribution in [3.63, 3.8) is 0 Å². The van der Waals surface area contributed by atoms with E-state index in [0.717, 1.165) is 0 Å². The number of rotatable bonds is 6. The quantitative estimate of drug-likeness (QED) is 0.454. The van der Waals surface area contributed by atoms with Crippen LogP contribution in [-0.2, 0) is 9.53 Å². The van der Waals surface area contributed by atoms with E-state index in [2.05, 4.69) is 31.5 Å². The number of nitrogens with zero attached hydrogens (tertiary/aromatic N) is 4. The molecule has 0 fully saturated rings. The molecule has 1 atom stereocenters. The molecule has 10 heteroatoms. The number of likely N-dealkylation sites (N-methyl/N-ethyl adjacent to an activating group) is 1. The van der Waals surface area contributed by atoms with Gasteiger partial charge in [0, 0.05) is 19.7 Å². The Labute approximate surface area is 193 Å². The molecule has 174 valence electrons. The lowest BCUT2D eigenvalue weighted by Crippen LogP contribution is -2.45. The maximum Gasteiger partial charge on any atom is 0.410 e. The van der Waals surface area contributed by atoms with E-state index in [9.17, 15) is 9.59 Å². The fraction of sp³-hybridized carbons (Fsp3) is 0.391. The number of aromatic nitrogens is 3. The van der Waals surface area contributed by atoms with E-state index >= 15 is 0 Å². The summed E-state index contributed by atoms with van der Waals surface area (Å²) >= 11 is 0. The number of pyridine rings is 1. The molecular weight excluding hydrogens is 422 g/mol. The molecule has 0 bridgehead atoms. The van der Waals surface area contributed by atoms with Crippen molar-refractivity contribution in [3.05, 3.63) is 29.8 Å². The Morgan fingerprint density at radius 1 is 1.27 bits per heavy atom. The molecule has 2 rings (SSSR count). The summed E-state index contributed by atoms with van der Waals surface area (Å²) in [5.41, 5.74) is 1.94. The van der Waals surface area contributed by atoms with Gasteiger partial charge in [0.05, 0.1) is 17.1 Å². The predicted molar refractivity (Wildman–Crippen MR) is 127 cm³/mol. The first-order valence-electron chi connectivity index (χ1n) is 10.2. The minimum absolute atomic E-state index is 0.198. The summed E-state index contributed by atoms with van der Waals surface area (Å²) in [6.45, 7) is 8.45. The van der Waals surface area contributed by atoms with Crippen LogP contribution in [0.4, 0.5) is 16.3 Å². The third kappa shape index (κ3) is 6.26. The van der Waals surface area contributed by atoms with Crippen LogP contribution >= 0.6 is 0 Å². The molecule has 2 aromatic rings. The third-order valence-electron chi connectivity index (χ3n) is 4.59. The number of hydrogen-bond donors (Lipinski definition) is 3. The van der Waals surface area contributed by atoms with E-state index in [0.29, 0.717) is 22.6 Å². The molecule has 2 amide bonds. The van der Waals surface area contributed by atoms with Gasteiger partial charge < -0.3 is 20.8 Å². The fourth-order valence-electron chi connectivity index (χ4n) is 2.83. The highest BCUT2D eigenvalue weighted by atomic mass is 16.6. The number of carbonyl (C=O) groups is 2. The zero-order valence-electron chi connectivity index (χ0n) is 19.9. The second kappa shape index (κ2) is 10.1. The number of terminal acetylenes is 1. The van der Waals surface area contributed by atoms with Crippen LogP contribution in [0.25, 0.3) is 11.3 Å². The topological polar surface area (TPSA) is 133 Å². The first kappa shape index (κ1) is 25.3. The van der Waals surface area contributed by atoms with Crippen molar-refractivity contribution in [1.82, 2.24) is 19.9 Å². The molecular formula is C23H29N7O3. The normalized spacial score (nSPS) is 11.7. The molecule has 0 saturated heterocycles. The zero-order valence-corrected chi connectivity index (χ0v) is 19.9. The van der Waals surface area contributed by atoms with Crippen LogP contribution in [0.5, 0.6) is 0 Å². The summed E-state index contributed by atoms with van der Waals surface area (Å²) in [4.78, 5) is 39.1. The molecule has 0 saturated carbocycles. The minimum Gasteiger partial charge on any atom is -0.444 e. The van der Waals surface area contributed by atoms with Crippen LogP contribution in [0.15, 0.2) is 18.5 Å². The van der Waals surface area contributed by atoms with Crippen LogP contribution in [0.1, 0.15) is 46.0 Å². The molecule has 0 radical (unpaired) electrons. The average Bonchev–Trinajstić information content (AvgIpc) is 2.75. The van der Waals surface area contributed by atoms with E-state index in [1.807, 2.05) is 0 Å². The minimum atomic E-state index is -0.835. The molecule has 0 aliphatic carbocycles. The SMILES string of the molecule is C#Cc1cc(-c2ncnc(C(C)=N)c2NC)cc(NC(=O)C(C)N(C)C(=O)OC(C)(C)C)n1. The van der Waals surface area contributed by atoms with Gasteiger partial charge in [0.2, 0.25) is 5.91 Å². The number of amides is 2. The average molecular weight is 452 g/mol. The highest BCUT2D eigenvalue weighted by Gasteiger charge is 2.27. The number of hydrogen-bond acceptors (Lipinski definition) is 8. The summed E-state index contributed by atoms with van der Waals surface area (Å²) in [6.07, 6.45) is 6.31. The van der Waals surface area contributed by atoms with Crippen LogP contribution in [0, 0.1) is 17.8 Å². The van der Waals surface area contributed by atoms with E-state index in [1.54, 1.807) is 53.8 Å². The van der Waals surface area contributed by atoms with Crippen molar-refractivity contribution in [3.8, 4) is 23.6 Å². The van der Waals surface area contributed by atoms with Crippen LogP contribution < -0.4 is 10.6 Å². The van der Waals surface area contributed by atoms with Gasteiger partial charge in [-0.15, -0.1) is 6.42 Å². The fourth-order valence-corrected chi connectivity index (χ4v) is 2.83. The second-order valence-electron chi connectivity index (χ2n) is 8.35. The third-order valence-corrected chi connectivity index (χ3v) is 4.59. The zero-order chi connectivity index (χ0) is 24.9. The van der Waals surface area contributed by atoms with Crippen molar-refractivity contribution >= 4 is 29.2 Å². The van der Waals surface area contributed by atoms with Crippen molar-refractivity contribution in [2.75, 3.05) is 24.7 Å². The Morgan fingerprint density at radius 3 is 2.48 bits per heavy atom. The maximum atomic E-state index is 12.8. The maximum absolute atomic E-state index is 12.8. The number of anilines is 2. The summed E-state index contributed by atoms with van der Waals surface area (Å²) in [6, 6.07) is 2.43. The molecule has 2 heterocycles. The predicted octanol–water partition coefficient (Wildman–Crippen LogP) is 3.14. The lowest BCUT2D eigenvalue weighted by molar-refractivity contribution is -0.120. The summed E-state index contributed by atoms with van der Waals surface area (Å²) in [5, 5.41) is 13.7. The van der Waals surface area contributed by atoms with Gasteiger partial charge in [-0.3, -0.25) is 9.69 Å². The first-order chi connectivity index (χ1) is 15.4. The molecule has 0 aliphatic rings. The Balaban J connectivity index is 2.37. The van der Waals surface area contributed by atoms with Crippen molar-refractivity contribution in [2.24, 2.45) is 0 Å². The number of nitrogens with one attached hydrogen (secondary N) is 3. The van der Waals surface area contributed by atoms with Gasteiger partial charge in [-0.1, -0.05) is 5.92 Å². The van der Waals surface area contributed by atoms with E-state index in [-0.39, 0.29) is 17.2 Å². The monoisotopic (exact) mass is 451 g/mol. The smallest absolute Gasteiger partial charge is 0.410 e. The van der Waals surface area contributed by atoms with Crippen molar-refractivity contribution in [1.29, 1.82) is 5.41 Å². The molecule has 33 heavy (non-hydrogen) atoms. The van der Waals surface area contributed by atoms with Crippen LogP contribution in [0.3, 0.4) is 0 Å². The lowest BCUT2D eigenvalue weighted by Gasteiger charge is -2.28. The van der Waals surface area contributed by atoms with Crippen molar-refractivity contribution in [2.45, 2.75) is 46.3 Å². The van der Waals surface area contributed by atoms with Gasteiger partial charge in [0.15, 0.2) is 0 Å². The largest absolute Gasteiger partial charge is 0.444 e. The molecule has 0 aliphatic heterocycles. The molecule has 10 nitrogen and oxygen atoms in total. The Morgan fingerprint density at radius 2 is 1.94 bits per heavy atom. The Kier molecular flexibility index (Phi) is 7.72. The van der Waals surface area contributed by atoms with Crippen molar-refractivity contribution < 1.29 is 14.3 Å². The number of carbonyl (C=O) groups excluding carboxylic acids is 2. The summed E-state index contributed by atoms with van der Waals surface area (Å²) in [5.74, 6) is 2.20. The van der Waals surface area contributed by atoms with Gasteiger partial charge in [-0.2, -0.15) is 0 Å². The van der Waals surface area contributed by atoms with Gasteiger partial charge in [0.25, 0.3) is 0 Å². The highest BCUT2D eigenvalue weighted by Crippen LogP contribution is 2.29. The van der Waals surface area contributed by atoms with Gasteiger partial charge >= 0.3 is 6.09 Å². The highest BCUT2D eigenvalue weighted by molar-refractivity contribution is 6.02. The van der Waals surface area contributed by atoms with Crippen LogP contribution in [0.2, 0.25) is 0 Å². The molecule has 0 aromatic carbocycles.